The zero-order valence-electron chi connectivity index (χ0n) is 30.2. The van der Waals surface area contributed by atoms with E-state index in [2.05, 4.69) is 26.1 Å². The van der Waals surface area contributed by atoms with Crippen molar-refractivity contribution in [2.75, 3.05) is 25.5 Å². The number of methoxy groups -OCH3 is 1. The number of rotatable bonds is 12. The third-order valence-electron chi connectivity index (χ3n) is 9.84. The number of imide groups is 2. The van der Waals surface area contributed by atoms with E-state index in [-0.39, 0.29) is 36.3 Å². The van der Waals surface area contributed by atoms with Crippen molar-refractivity contribution >= 4 is 69.8 Å². The monoisotopic (exact) mass is 784 g/mol. The zero-order chi connectivity index (χ0) is 39.0. The number of hydrogen-bond acceptors (Lipinski definition) is 12. The number of aromatic nitrogens is 3. The van der Waals surface area contributed by atoms with E-state index >= 15 is 0 Å². The van der Waals surface area contributed by atoms with Crippen LogP contribution in [0.2, 0.25) is 5.02 Å². The minimum absolute atomic E-state index is 0.0446. The molecular formula is C38H37ClN8O7S. The largest absolute Gasteiger partial charge is 0.469 e. The van der Waals surface area contributed by atoms with Crippen LogP contribution in [0.3, 0.4) is 0 Å². The summed E-state index contributed by atoms with van der Waals surface area (Å²) in [6.45, 7) is 4.62. The van der Waals surface area contributed by atoms with E-state index in [1.807, 2.05) is 30.5 Å². The van der Waals surface area contributed by atoms with E-state index in [0.717, 1.165) is 33.0 Å². The molecule has 55 heavy (non-hydrogen) atoms. The molecule has 4 aromatic rings. The number of nitrogens with zero attached hydrogens (tertiary/aromatic N) is 5. The first-order valence-electron chi connectivity index (χ1n) is 17.8. The SMILES string of the molecule is COC(=O)CC1N=C(c2ccc(Cl)cc2)c2c(sc(C(=O)NCCCCCNc3cccc4c3C(=O)N(C3CCC(=O)NC3=O)C4=O)c2C)-n2c(C)nnc21. The van der Waals surface area contributed by atoms with Crippen molar-refractivity contribution in [3.8, 4) is 5.00 Å². The molecule has 0 spiro atoms. The Balaban J connectivity index is 0.998. The predicted molar refractivity (Wildman–Crippen MR) is 203 cm³/mol. The average molecular weight is 785 g/mol. The molecule has 0 radical (unpaired) electrons. The Hall–Kier alpha value is -5.74. The van der Waals surface area contributed by atoms with Crippen LogP contribution in [0.4, 0.5) is 5.69 Å². The third-order valence-corrected chi connectivity index (χ3v) is 11.4. The van der Waals surface area contributed by atoms with Gasteiger partial charge >= 0.3 is 5.97 Å². The number of carbonyl (C=O) groups excluding carboxylic acids is 6. The van der Waals surface area contributed by atoms with Gasteiger partial charge in [0.25, 0.3) is 17.7 Å². The van der Waals surface area contributed by atoms with Crippen LogP contribution in [0.1, 0.15) is 103 Å². The number of carbonyl (C=O) groups is 6. The number of aliphatic imine (C=N–C) groups is 1. The number of nitrogens with one attached hydrogen (secondary N) is 3. The van der Waals surface area contributed by atoms with Crippen LogP contribution in [0.5, 0.6) is 0 Å². The van der Waals surface area contributed by atoms with Crippen LogP contribution in [-0.2, 0) is 19.1 Å². The van der Waals surface area contributed by atoms with Gasteiger partial charge in [0.1, 0.15) is 22.9 Å². The number of halogens is 1. The smallest absolute Gasteiger partial charge is 0.308 e. The molecule has 3 aliphatic heterocycles. The maximum Gasteiger partial charge on any atom is 0.308 e. The third kappa shape index (κ3) is 7.14. The van der Waals surface area contributed by atoms with E-state index < -0.39 is 41.7 Å². The average Bonchev–Trinajstić information content (AvgIpc) is 3.76. The van der Waals surface area contributed by atoms with Gasteiger partial charge in [0, 0.05) is 41.3 Å². The molecule has 17 heteroatoms. The van der Waals surface area contributed by atoms with Crippen LogP contribution in [0, 0.1) is 13.8 Å². The van der Waals surface area contributed by atoms with Crippen molar-refractivity contribution in [1.82, 2.24) is 30.3 Å². The van der Waals surface area contributed by atoms with Gasteiger partial charge in [0.05, 0.1) is 35.2 Å². The number of benzene rings is 2. The number of anilines is 1. The van der Waals surface area contributed by atoms with Crippen molar-refractivity contribution in [1.29, 1.82) is 0 Å². The van der Waals surface area contributed by atoms with Crippen LogP contribution < -0.4 is 16.0 Å². The topological polar surface area (TPSA) is 194 Å². The molecule has 1 fully saturated rings. The van der Waals surface area contributed by atoms with Gasteiger partial charge in [-0.25, -0.2) is 0 Å². The zero-order valence-corrected chi connectivity index (χ0v) is 31.8. The van der Waals surface area contributed by atoms with E-state index in [0.29, 0.717) is 58.9 Å². The van der Waals surface area contributed by atoms with Crippen molar-refractivity contribution in [3.05, 3.63) is 91.8 Å². The molecule has 1 saturated heterocycles. The number of thiophene rings is 1. The van der Waals surface area contributed by atoms with Gasteiger partial charge in [-0.2, -0.15) is 0 Å². The fourth-order valence-electron chi connectivity index (χ4n) is 7.07. The highest BCUT2D eigenvalue weighted by molar-refractivity contribution is 7.17. The quantitative estimate of drug-likeness (QED) is 0.105. The molecule has 2 aromatic heterocycles. The molecule has 3 N–H and O–H groups in total. The summed E-state index contributed by atoms with van der Waals surface area (Å²) in [4.78, 5) is 83.2. The lowest BCUT2D eigenvalue weighted by molar-refractivity contribution is -0.141. The summed E-state index contributed by atoms with van der Waals surface area (Å²) in [6, 6.07) is 10.5. The molecule has 0 saturated carbocycles. The molecule has 2 aromatic carbocycles. The van der Waals surface area contributed by atoms with Gasteiger partial charge in [-0.1, -0.05) is 29.8 Å². The molecule has 284 valence electrons. The first-order valence-corrected chi connectivity index (χ1v) is 19.0. The van der Waals surface area contributed by atoms with Gasteiger partial charge in [0.2, 0.25) is 11.8 Å². The fraction of sp³-hybridized carbons (Fsp3) is 0.342. The summed E-state index contributed by atoms with van der Waals surface area (Å²) in [5.74, 6) is -1.82. The van der Waals surface area contributed by atoms with Gasteiger partial charge in [-0.15, -0.1) is 21.5 Å². The molecule has 2 atom stereocenters. The Morgan fingerprint density at radius 2 is 1.75 bits per heavy atom. The summed E-state index contributed by atoms with van der Waals surface area (Å²) in [5.41, 5.74) is 3.76. The van der Waals surface area contributed by atoms with Gasteiger partial charge in [-0.05, 0) is 69.4 Å². The van der Waals surface area contributed by atoms with Gasteiger partial charge in [-0.3, -0.25) is 48.5 Å². The molecule has 5 amide bonds. The highest BCUT2D eigenvalue weighted by Crippen LogP contribution is 2.40. The fourth-order valence-corrected chi connectivity index (χ4v) is 8.48. The Morgan fingerprint density at radius 1 is 0.982 bits per heavy atom. The molecule has 0 aliphatic carbocycles. The molecule has 0 bridgehead atoms. The number of piperidine rings is 1. The Labute approximate surface area is 324 Å². The van der Waals surface area contributed by atoms with Crippen LogP contribution in [0.25, 0.3) is 5.00 Å². The van der Waals surface area contributed by atoms with Crippen LogP contribution >= 0.6 is 22.9 Å². The van der Waals surface area contributed by atoms with E-state index in [4.69, 9.17) is 21.3 Å². The number of esters is 1. The standard InChI is InChI=1S/C38H37ClN8O7S/c1-19-29-31(21-10-12-22(39)13-11-21)42-25(18-28(49)54-3)33-45-44-20(2)46(33)38(29)55-32(19)35(51)41-17-6-4-5-16-40-24-9-7-8-23-30(24)37(53)47(36(23)52)26-14-15-27(48)43-34(26)50/h7-13,25-26,40H,4-6,14-18H2,1-3H3,(H,41,51)(H,43,48,50). The molecule has 5 heterocycles. The van der Waals surface area contributed by atoms with Gasteiger partial charge in [0.15, 0.2) is 5.82 Å². The van der Waals surface area contributed by atoms with E-state index in [1.54, 1.807) is 30.3 Å². The maximum absolute atomic E-state index is 13.7. The number of ether oxygens (including phenoxy) is 1. The second kappa shape index (κ2) is 15.5. The van der Waals surface area contributed by atoms with Crippen LogP contribution in [-0.4, -0.2) is 87.1 Å². The predicted octanol–water partition coefficient (Wildman–Crippen LogP) is 4.47. The minimum Gasteiger partial charge on any atom is -0.469 e. The first-order chi connectivity index (χ1) is 26.5. The second-order valence-corrected chi connectivity index (χ2v) is 14.8. The van der Waals surface area contributed by atoms with E-state index in [1.165, 1.54) is 18.4 Å². The lowest BCUT2D eigenvalue weighted by Gasteiger charge is -2.27. The number of hydrogen-bond donors (Lipinski definition) is 3. The molecule has 7 rings (SSSR count). The highest BCUT2D eigenvalue weighted by Gasteiger charge is 2.45. The van der Waals surface area contributed by atoms with Crippen molar-refractivity contribution in [2.45, 2.75) is 64.5 Å². The summed E-state index contributed by atoms with van der Waals surface area (Å²) in [5, 5.41) is 18.5. The summed E-state index contributed by atoms with van der Waals surface area (Å²) >= 11 is 7.52. The molecule has 15 nitrogen and oxygen atoms in total. The molecule has 2 unspecified atom stereocenters. The Morgan fingerprint density at radius 3 is 2.49 bits per heavy atom. The molecule has 3 aliphatic rings. The van der Waals surface area contributed by atoms with Crippen molar-refractivity contribution in [2.24, 2.45) is 4.99 Å². The summed E-state index contributed by atoms with van der Waals surface area (Å²) in [7, 11) is 1.33. The highest BCUT2D eigenvalue weighted by atomic mass is 35.5. The lowest BCUT2D eigenvalue weighted by atomic mass is 9.99. The maximum atomic E-state index is 13.7. The normalized spacial score (nSPS) is 17.5. The van der Waals surface area contributed by atoms with Crippen molar-refractivity contribution < 1.29 is 33.5 Å². The summed E-state index contributed by atoms with van der Waals surface area (Å²) < 4.78 is 6.82. The van der Waals surface area contributed by atoms with Gasteiger partial charge < -0.3 is 15.4 Å². The Bertz CT molecular complexity index is 2280. The number of aryl methyl sites for hydroxylation is 1. The number of amides is 5. The Kier molecular flexibility index (Phi) is 10.6. The number of fused-ring (bicyclic) bond motifs is 4. The van der Waals surface area contributed by atoms with E-state index in [9.17, 15) is 28.8 Å². The van der Waals surface area contributed by atoms with Crippen LogP contribution in [0.15, 0.2) is 47.5 Å². The second-order valence-electron chi connectivity index (χ2n) is 13.4. The number of unbranched alkanes of at least 4 members (excludes halogenated alkanes) is 2. The first kappa shape index (κ1) is 37.6. The lowest BCUT2D eigenvalue weighted by Crippen LogP contribution is -2.54. The minimum atomic E-state index is -1.03. The molecular weight excluding hydrogens is 748 g/mol. The summed E-state index contributed by atoms with van der Waals surface area (Å²) in [6.07, 6.45) is 2.26. The van der Waals surface area contributed by atoms with Crippen molar-refractivity contribution in [3.63, 3.8) is 0 Å².